The molecule has 28 heavy (non-hydrogen) atoms. The minimum absolute atomic E-state index is 0.0304. The lowest BCUT2D eigenvalue weighted by molar-refractivity contribution is 0.0951. The van der Waals surface area contributed by atoms with Gasteiger partial charge in [-0.3, -0.25) is 9.78 Å². The molecule has 0 bridgehead atoms. The van der Waals surface area contributed by atoms with E-state index in [1.165, 1.54) is 18.3 Å². The zero-order valence-electron chi connectivity index (χ0n) is 14.8. The van der Waals surface area contributed by atoms with E-state index in [0.717, 1.165) is 16.5 Å². The highest BCUT2D eigenvalue weighted by Crippen LogP contribution is 2.19. The molecule has 3 N–H and O–H groups in total. The normalized spacial score (nSPS) is 10.8. The van der Waals surface area contributed by atoms with Crippen LogP contribution in [0.5, 0.6) is 0 Å². The quantitative estimate of drug-likeness (QED) is 0.572. The number of amides is 1. The van der Waals surface area contributed by atoms with E-state index < -0.39 is 11.7 Å². The zero-order chi connectivity index (χ0) is 19.5. The van der Waals surface area contributed by atoms with Crippen molar-refractivity contribution in [2.75, 3.05) is 5.73 Å². The summed E-state index contributed by atoms with van der Waals surface area (Å²) in [5, 5.41) is 3.81. The predicted octanol–water partition coefficient (Wildman–Crippen LogP) is 3.34. The summed E-state index contributed by atoms with van der Waals surface area (Å²) in [7, 11) is 0. The molecular formula is C21H16FN5O. The number of nitrogens with one attached hydrogen (secondary N) is 1. The number of para-hydroxylation sites is 1. The van der Waals surface area contributed by atoms with Gasteiger partial charge in [-0.25, -0.2) is 14.4 Å². The van der Waals surface area contributed by atoms with Crippen molar-refractivity contribution >= 4 is 22.6 Å². The Hall–Kier alpha value is -3.87. The van der Waals surface area contributed by atoms with Crippen molar-refractivity contribution in [3.8, 4) is 11.4 Å². The van der Waals surface area contributed by atoms with Crippen molar-refractivity contribution in [3.63, 3.8) is 0 Å². The van der Waals surface area contributed by atoms with Gasteiger partial charge in [-0.05, 0) is 23.8 Å². The maximum absolute atomic E-state index is 13.4. The fourth-order valence-electron chi connectivity index (χ4n) is 2.92. The molecule has 0 radical (unpaired) electrons. The van der Waals surface area contributed by atoms with Crippen LogP contribution in [-0.2, 0) is 6.54 Å². The number of aromatic nitrogens is 3. The minimum Gasteiger partial charge on any atom is -0.383 e. The number of carbonyl (C=O) groups excluding carboxylic acids is 1. The van der Waals surface area contributed by atoms with Crippen LogP contribution in [0, 0.1) is 5.82 Å². The Morgan fingerprint density at radius 3 is 2.71 bits per heavy atom. The van der Waals surface area contributed by atoms with Gasteiger partial charge in [0.25, 0.3) is 5.91 Å². The van der Waals surface area contributed by atoms with E-state index in [1.807, 2.05) is 30.3 Å². The number of nitrogens with zero attached hydrogens (tertiary/aromatic N) is 3. The number of rotatable bonds is 4. The highest BCUT2D eigenvalue weighted by molar-refractivity contribution is 5.98. The lowest BCUT2D eigenvalue weighted by Crippen LogP contribution is -2.24. The molecule has 0 spiro atoms. The Kier molecular flexibility index (Phi) is 4.63. The molecule has 0 aliphatic carbocycles. The highest BCUT2D eigenvalue weighted by atomic mass is 19.1. The molecular weight excluding hydrogens is 357 g/mol. The number of halogens is 1. The average Bonchev–Trinajstić information content (AvgIpc) is 2.72. The van der Waals surface area contributed by atoms with Crippen molar-refractivity contribution in [2.45, 2.75) is 6.54 Å². The van der Waals surface area contributed by atoms with Crippen LogP contribution in [0.4, 0.5) is 10.2 Å². The van der Waals surface area contributed by atoms with E-state index in [9.17, 15) is 9.18 Å². The molecule has 0 aliphatic heterocycles. The van der Waals surface area contributed by atoms with Gasteiger partial charge in [-0.15, -0.1) is 0 Å². The van der Waals surface area contributed by atoms with Gasteiger partial charge in [0, 0.05) is 29.9 Å². The van der Waals surface area contributed by atoms with E-state index in [2.05, 4.69) is 20.3 Å². The van der Waals surface area contributed by atoms with Crippen molar-refractivity contribution < 1.29 is 9.18 Å². The summed E-state index contributed by atoms with van der Waals surface area (Å²) in [6, 6.07) is 15.5. The number of hydrogen-bond donors (Lipinski definition) is 2. The molecule has 138 valence electrons. The summed E-state index contributed by atoms with van der Waals surface area (Å²) in [5.74, 6) is -0.504. The van der Waals surface area contributed by atoms with E-state index in [-0.39, 0.29) is 23.8 Å². The molecule has 0 unspecified atom stereocenters. The molecule has 2 aromatic heterocycles. The number of fused-ring (bicyclic) bond motifs is 1. The number of hydrogen-bond acceptors (Lipinski definition) is 5. The second-order valence-electron chi connectivity index (χ2n) is 6.18. The Labute approximate surface area is 160 Å². The number of anilines is 1. The maximum Gasteiger partial charge on any atom is 0.256 e. The van der Waals surface area contributed by atoms with Gasteiger partial charge in [0.05, 0.1) is 11.1 Å². The fourth-order valence-corrected chi connectivity index (χ4v) is 2.92. The van der Waals surface area contributed by atoms with E-state index in [0.29, 0.717) is 5.56 Å². The Bertz CT molecular complexity index is 1170. The summed E-state index contributed by atoms with van der Waals surface area (Å²) >= 11 is 0. The van der Waals surface area contributed by atoms with Crippen LogP contribution in [-0.4, -0.2) is 20.9 Å². The van der Waals surface area contributed by atoms with Gasteiger partial charge in [0.15, 0.2) is 5.82 Å². The van der Waals surface area contributed by atoms with Gasteiger partial charge < -0.3 is 11.1 Å². The second kappa shape index (κ2) is 7.40. The first-order valence-electron chi connectivity index (χ1n) is 8.61. The number of nitrogen functional groups attached to an aromatic ring is 1. The molecule has 0 atom stereocenters. The highest BCUT2D eigenvalue weighted by Gasteiger charge is 2.14. The van der Waals surface area contributed by atoms with Crippen LogP contribution in [0.1, 0.15) is 15.9 Å². The average molecular weight is 373 g/mol. The van der Waals surface area contributed by atoms with E-state index >= 15 is 0 Å². The zero-order valence-corrected chi connectivity index (χ0v) is 14.8. The van der Waals surface area contributed by atoms with Crippen molar-refractivity contribution in [1.82, 2.24) is 20.3 Å². The molecule has 4 aromatic rings. The minimum atomic E-state index is -0.398. The van der Waals surface area contributed by atoms with Crippen molar-refractivity contribution in [2.24, 2.45) is 0 Å². The molecule has 1 amide bonds. The van der Waals surface area contributed by atoms with E-state index in [1.54, 1.807) is 18.3 Å². The first-order chi connectivity index (χ1) is 13.6. The first-order valence-corrected chi connectivity index (χ1v) is 8.61. The topological polar surface area (TPSA) is 93.8 Å². The van der Waals surface area contributed by atoms with Gasteiger partial charge in [-0.2, -0.15) is 0 Å². The Balaban J connectivity index is 1.53. The van der Waals surface area contributed by atoms with Crippen LogP contribution in [0.15, 0.2) is 67.0 Å². The lowest BCUT2D eigenvalue weighted by atomic mass is 10.1. The molecule has 0 saturated heterocycles. The van der Waals surface area contributed by atoms with Gasteiger partial charge in [0.2, 0.25) is 0 Å². The van der Waals surface area contributed by atoms with Crippen LogP contribution >= 0.6 is 0 Å². The van der Waals surface area contributed by atoms with Gasteiger partial charge in [0.1, 0.15) is 11.6 Å². The van der Waals surface area contributed by atoms with E-state index in [4.69, 9.17) is 5.73 Å². The van der Waals surface area contributed by atoms with Crippen LogP contribution in [0.25, 0.3) is 22.3 Å². The molecule has 4 rings (SSSR count). The maximum atomic E-state index is 13.4. The summed E-state index contributed by atoms with van der Waals surface area (Å²) in [6.07, 6.45) is 3.06. The molecule has 2 aromatic carbocycles. The standard InChI is InChI=1S/C21H16FN5O/c22-16-8-2-5-14(10-16)20-25-12-17(19(23)27-20)21(28)26-11-15-6-1-4-13-7-3-9-24-18(13)15/h1-10,12H,11H2,(H,26,28)(H2,23,25,27). The first kappa shape index (κ1) is 17.5. The molecule has 0 fully saturated rings. The monoisotopic (exact) mass is 373 g/mol. The second-order valence-corrected chi connectivity index (χ2v) is 6.18. The van der Waals surface area contributed by atoms with Gasteiger partial charge in [-0.1, -0.05) is 36.4 Å². The van der Waals surface area contributed by atoms with Crippen molar-refractivity contribution in [1.29, 1.82) is 0 Å². The number of nitrogens with two attached hydrogens (primary N) is 1. The van der Waals surface area contributed by atoms with Gasteiger partial charge >= 0.3 is 0 Å². The summed E-state index contributed by atoms with van der Waals surface area (Å²) in [5.41, 5.74) is 8.31. The predicted molar refractivity (Wildman–Crippen MR) is 105 cm³/mol. The number of carbonyl (C=O) groups is 1. The molecule has 2 heterocycles. The largest absolute Gasteiger partial charge is 0.383 e. The molecule has 7 heteroatoms. The summed E-state index contributed by atoms with van der Waals surface area (Å²) in [4.78, 5) is 25.2. The number of pyridine rings is 1. The smallest absolute Gasteiger partial charge is 0.256 e. The van der Waals surface area contributed by atoms with Crippen LogP contribution in [0.3, 0.4) is 0 Å². The third-order valence-corrected chi connectivity index (χ3v) is 4.30. The summed E-state index contributed by atoms with van der Waals surface area (Å²) < 4.78 is 13.4. The summed E-state index contributed by atoms with van der Waals surface area (Å²) in [6.45, 7) is 0.290. The SMILES string of the molecule is Nc1nc(-c2cccc(F)c2)ncc1C(=O)NCc1cccc2cccnc12. The lowest BCUT2D eigenvalue weighted by Gasteiger charge is -2.09. The van der Waals surface area contributed by atoms with Crippen molar-refractivity contribution in [3.05, 3.63) is 83.9 Å². The number of benzene rings is 2. The Morgan fingerprint density at radius 2 is 1.89 bits per heavy atom. The third kappa shape index (κ3) is 3.50. The Morgan fingerprint density at radius 1 is 1.07 bits per heavy atom. The van der Waals surface area contributed by atoms with Crippen LogP contribution < -0.4 is 11.1 Å². The third-order valence-electron chi connectivity index (χ3n) is 4.30. The fraction of sp³-hybridized carbons (Fsp3) is 0.0476. The molecule has 6 nitrogen and oxygen atoms in total. The van der Waals surface area contributed by atoms with Crippen LogP contribution in [0.2, 0.25) is 0 Å². The molecule has 0 aliphatic rings. The molecule has 0 saturated carbocycles.